The van der Waals surface area contributed by atoms with E-state index >= 15 is 0 Å². The fourth-order valence-corrected chi connectivity index (χ4v) is 3.12. The number of methoxy groups -OCH3 is 1. The van der Waals surface area contributed by atoms with Crippen molar-refractivity contribution in [1.29, 1.82) is 0 Å². The van der Waals surface area contributed by atoms with Crippen LogP contribution in [-0.2, 0) is 0 Å². The highest BCUT2D eigenvalue weighted by Gasteiger charge is 2.27. The van der Waals surface area contributed by atoms with E-state index in [-0.39, 0.29) is 12.1 Å². The maximum Gasteiger partial charge on any atom is 0.126 e. The van der Waals surface area contributed by atoms with Crippen molar-refractivity contribution >= 4 is 15.9 Å². The van der Waals surface area contributed by atoms with Crippen molar-refractivity contribution in [3.05, 3.63) is 57.6 Å². The van der Waals surface area contributed by atoms with E-state index in [0.717, 1.165) is 39.1 Å². The van der Waals surface area contributed by atoms with Crippen LogP contribution >= 0.6 is 15.9 Å². The molecular formula is C17H18BrNO2. The van der Waals surface area contributed by atoms with Gasteiger partial charge in [-0.25, -0.2) is 0 Å². The summed E-state index contributed by atoms with van der Waals surface area (Å²) in [6, 6.07) is 12.1. The van der Waals surface area contributed by atoms with Crippen LogP contribution in [0.3, 0.4) is 0 Å². The number of fused-ring (bicyclic) bond motifs is 1. The molecule has 110 valence electrons. The summed E-state index contributed by atoms with van der Waals surface area (Å²) in [6.45, 7) is 2.04. The molecule has 2 aromatic rings. The SMILES string of the molecule is COc1ccc(C2CC(N)c3ccc(Br)cc3O2)cc1C. The number of hydrogen-bond donors (Lipinski definition) is 1. The monoisotopic (exact) mass is 347 g/mol. The lowest BCUT2D eigenvalue weighted by molar-refractivity contribution is 0.161. The molecule has 1 aliphatic rings. The molecule has 0 saturated heterocycles. The molecule has 0 aromatic heterocycles. The Bertz CT molecular complexity index is 672. The second-order valence-corrected chi connectivity index (χ2v) is 6.28. The quantitative estimate of drug-likeness (QED) is 0.881. The van der Waals surface area contributed by atoms with Crippen LogP contribution in [-0.4, -0.2) is 7.11 Å². The van der Waals surface area contributed by atoms with E-state index in [4.69, 9.17) is 15.2 Å². The van der Waals surface area contributed by atoms with Gasteiger partial charge < -0.3 is 15.2 Å². The molecule has 3 rings (SSSR count). The van der Waals surface area contributed by atoms with E-state index in [9.17, 15) is 0 Å². The van der Waals surface area contributed by atoms with Gasteiger partial charge in [-0.2, -0.15) is 0 Å². The minimum Gasteiger partial charge on any atom is -0.496 e. The van der Waals surface area contributed by atoms with Gasteiger partial charge in [0, 0.05) is 22.5 Å². The third-order valence-corrected chi connectivity index (χ3v) is 4.40. The molecule has 2 atom stereocenters. The number of benzene rings is 2. The third-order valence-electron chi connectivity index (χ3n) is 3.90. The first-order chi connectivity index (χ1) is 10.1. The van der Waals surface area contributed by atoms with Crippen LogP contribution in [0.5, 0.6) is 11.5 Å². The molecule has 1 heterocycles. The first kappa shape index (κ1) is 14.4. The highest BCUT2D eigenvalue weighted by Crippen LogP contribution is 2.41. The number of ether oxygens (including phenoxy) is 2. The second-order valence-electron chi connectivity index (χ2n) is 5.36. The van der Waals surface area contributed by atoms with Gasteiger partial charge in [-0.3, -0.25) is 0 Å². The van der Waals surface area contributed by atoms with Crippen LogP contribution in [0.25, 0.3) is 0 Å². The number of aryl methyl sites for hydroxylation is 1. The lowest BCUT2D eigenvalue weighted by Gasteiger charge is -2.31. The molecule has 0 bridgehead atoms. The van der Waals surface area contributed by atoms with E-state index in [1.165, 1.54) is 0 Å². The van der Waals surface area contributed by atoms with Gasteiger partial charge in [-0.1, -0.05) is 28.1 Å². The third kappa shape index (κ3) is 2.78. The summed E-state index contributed by atoms with van der Waals surface area (Å²) >= 11 is 3.48. The lowest BCUT2D eigenvalue weighted by atomic mass is 9.93. The van der Waals surface area contributed by atoms with Crippen LogP contribution in [0.2, 0.25) is 0 Å². The van der Waals surface area contributed by atoms with Crippen molar-refractivity contribution in [1.82, 2.24) is 0 Å². The van der Waals surface area contributed by atoms with E-state index in [0.29, 0.717) is 0 Å². The van der Waals surface area contributed by atoms with Crippen LogP contribution in [0.1, 0.15) is 35.3 Å². The van der Waals surface area contributed by atoms with Gasteiger partial charge >= 0.3 is 0 Å². The standard InChI is InChI=1S/C17H18BrNO2/c1-10-7-11(3-6-15(10)20-2)16-9-14(19)13-5-4-12(18)8-17(13)21-16/h3-8,14,16H,9,19H2,1-2H3. The molecule has 0 radical (unpaired) electrons. The van der Waals surface area contributed by atoms with Gasteiger partial charge in [0.15, 0.2) is 0 Å². The molecule has 2 aromatic carbocycles. The molecule has 0 amide bonds. The molecule has 2 N–H and O–H groups in total. The summed E-state index contributed by atoms with van der Waals surface area (Å²) < 4.78 is 12.5. The Morgan fingerprint density at radius 2 is 2.05 bits per heavy atom. The predicted octanol–water partition coefficient (Wildman–Crippen LogP) is 4.29. The van der Waals surface area contributed by atoms with E-state index in [2.05, 4.69) is 22.0 Å². The minimum atomic E-state index is -0.0218. The first-order valence-electron chi connectivity index (χ1n) is 6.94. The molecular weight excluding hydrogens is 330 g/mol. The van der Waals surface area contributed by atoms with Crippen molar-refractivity contribution in [3.8, 4) is 11.5 Å². The van der Waals surface area contributed by atoms with Gasteiger partial charge in [-0.05, 0) is 42.3 Å². The molecule has 2 unspecified atom stereocenters. The normalized spacial score (nSPS) is 20.6. The zero-order chi connectivity index (χ0) is 15.0. The van der Waals surface area contributed by atoms with E-state index in [1.54, 1.807) is 7.11 Å². The molecule has 1 aliphatic heterocycles. The Morgan fingerprint density at radius 3 is 2.76 bits per heavy atom. The largest absolute Gasteiger partial charge is 0.496 e. The van der Waals surface area contributed by atoms with Crippen LogP contribution < -0.4 is 15.2 Å². The Balaban J connectivity index is 1.93. The lowest BCUT2D eigenvalue weighted by Crippen LogP contribution is -2.24. The summed E-state index contributed by atoms with van der Waals surface area (Å²) in [6.07, 6.45) is 0.756. The molecule has 0 fully saturated rings. The summed E-state index contributed by atoms with van der Waals surface area (Å²) in [5.74, 6) is 1.75. The molecule has 0 saturated carbocycles. The van der Waals surface area contributed by atoms with Crippen LogP contribution in [0.15, 0.2) is 40.9 Å². The van der Waals surface area contributed by atoms with E-state index < -0.39 is 0 Å². The molecule has 3 nitrogen and oxygen atoms in total. The topological polar surface area (TPSA) is 44.5 Å². The smallest absolute Gasteiger partial charge is 0.126 e. The predicted molar refractivity (Wildman–Crippen MR) is 86.8 cm³/mol. The summed E-state index contributed by atoms with van der Waals surface area (Å²) in [5.41, 5.74) is 9.61. The zero-order valence-electron chi connectivity index (χ0n) is 12.1. The van der Waals surface area contributed by atoms with Crippen LogP contribution in [0.4, 0.5) is 0 Å². The van der Waals surface area contributed by atoms with Gasteiger partial charge in [0.1, 0.15) is 17.6 Å². The average molecular weight is 348 g/mol. The summed E-state index contributed by atoms with van der Waals surface area (Å²) in [5, 5.41) is 0. The molecule has 0 aliphatic carbocycles. The Hall–Kier alpha value is -1.52. The number of rotatable bonds is 2. The Morgan fingerprint density at radius 1 is 1.24 bits per heavy atom. The van der Waals surface area contributed by atoms with Gasteiger partial charge in [0.2, 0.25) is 0 Å². The zero-order valence-corrected chi connectivity index (χ0v) is 13.7. The van der Waals surface area contributed by atoms with E-state index in [1.807, 2.05) is 37.3 Å². The number of nitrogens with two attached hydrogens (primary N) is 1. The summed E-state index contributed by atoms with van der Waals surface area (Å²) in [7, 11) is 1.68. The molecule has 4 heteroatoms. The minimum absolute atomic E-state index is 0.00532. The van der Waals surface area contributed by atoms with Gasteiger partial charge in [-0.15, -0.1) is 0 Å². The average Bonchev–Trinajstić information content (AvgIpc) is 2.46. The molecule has 0 spiro atoms. The highest BCUT2D eigenvalue weighted by molar-refractivity contribution is 9.10. The van der Waals surface area contributed by atoms with Gasteiger partial charge in [0.05, 0.1) is 7.11 Å². The van der Waals surface area contributed by atoms with Crippen molar-refractivity contribution in [2.24, 2.45) is 5.73 Å². The van der Waals surface area contributed by atoms with Crippen LogP contribution in [0, 0.1) is 6.92 Å². The Kier molecular flexibility index (Phi) is 3.91. The summed E-state index contributed by atoms with van der Waals surface area (Å²) in [4.78, 5) is 0. The highest BCUT2D eigenvalue weighted by atomic mass is 79.9. The first-order valence-corrected chi connectivity index (χ1v) is 7.74. The van der Waals surface area contributed by atoms with Gasteiger partial charge in [0.25, 0.3) is 0 Å². The molecule has 21 heavy (non-hydrogen) atoms. The maximum atomic E-state index is 6.30. The number of hydrogen-bond acceptors (Lipinski definition) is 3. The Labute approximate surface area is 133 Å². The number of halogens is 1. The van der Waals surface area contributed by atoms with Crippen molar-refractivity contribution < 1.29 is 9.47 Å². The fraction of sp³-hybridized carbons (Fsp3) is 0.294. The maximum absolute atomic E-state index is 6.30. The fourth-order valence-electron chi connectivity index (χ4n) is 2.78. The van der Waals surface area contributed by atoms with Crippen molar-refractivity contribution in [2.75, 3.05) is 7.11 Å². The second kappa shape index (κ2) is 5.70. The van der Waals surface area contributed by atoms with Crippen molar-refractivity contribution in [2.45, 2.75) is 25.5 Å². The van der Waals surface area contributed by atoms with Crippen molar-refractivity contribution in [3.63, 3.8) is 0 Å².